The van der Waals surface area contributed by atoms with Gasteiger partial charge in [0.25, 0.3) is 0 Å². The fraction of sp³-hybridized carbons (Fsp3) is 0.250. The quantitative estimate of drug-likeness (QED) is 0.0744. The zero-order chi connectivity index (χ0) is 47.2. The highest BCUT2D eigenvalue weighted by Gasteiger charge is 2.30. The minimum Gasteiger partial charge on any atom is -0.393 e. The number of aliphatic hydroxyl groups excluding tert-OH is 1. The van der Waals surface area contributed by atoms with E-state index in [-0.39, 0.29) is 35.4 Å². The van der Waals surface area contributed by atoms with Crippen LogP contribution < -0.4 is 36.0 Å². The SMILES string of the molecule is CS(=O)c1ncc2c(n1)NC(=O)N(c1ccccc1Cl)C2.CSc1ncc2c(n1)NC(=O)N(c1ccccc1Cl)C2.O=C1Nc2nc(NC3CCC(O)CC3)ncc2CN1c1ccccc1Cl. The number of para-hydroxylation sites is 3. The van der Waals surface area contributed by atoms with Gasteiger partial charge in [-0.3, -0.25) is 34.9 Å². The predicted octanol–water partition coefficient (Wildman–Crippen LogP) is 9.22. The lowest BCUT2D eigenvalue weighted by molar-refractivity contribution is 0.126. The maximum atomic E-state index is 12.5. The summed E-state index contributed by atoms with van der Waals surface area (Å²) >= 11 is 19.9. The molecular weight excluding hydrogens is 961 g/mol. The number of nitrogens with one attached hydrogen (secondary N) is 4. The van der Waals surface area contributed by atoms with Gasteiger partial charge in [0.1, 0.15) is 17.5 Å². The van der Waals surface area contributed by atoms with Crippen LogP contribution in [0.3, 0.4) is 0 Å². The molecule has 5 N–H and O–H groups in total. The molecule has 67 heavy (non-hydrogen) atoms. The Morgan fingerprint density at radius 1 is 0.627 bits per heavy atom. The molecule has 1 fully saturated rings. The van der Waals surface area contributed by atoms with Gasteiger partial charge in [0.05, 0.1) is 68.7 Å². The Morgan fingerprint density at radius 3 is 1.49 bits per heavy atom. The maximum absolute atomic E-state index is 12.5. The molecule has 0 spiro atoms. The van der Waals surface area contributed by atoms with Crippen LogP contribution in [0.15, 0.2) is 102 Å². The van der Waals surface area contributed by atoms with E-state index >= 15 is 0 Å². The summed E-state index contributed by atoms with van der Waals surface area (Å²) in [5.41, 5.74) is 4.37. The molecule has 23 heteroatoms. The molecular formula is C44H42Cl3N13O5S2. The van der Waals surface area contributed by atoms with Crippen LogP contribution in [-0.4, -0.2) is 82.0 Å². The number of amides is 6. The summed E-state index contributed by atoms with van der Waals surface area (Å²) in [7, 11) is -1.29. The van der Waals surface area contributed by atoms with Crippen molar-refractivity contribution in [1.82, 2.24) is 29.9 Å². The molecule has 6 heterocycles. The van der Waals surface area contributed by atoms with Crippen LogP contribution >= 0.6 is 46.6 Å². The standard InChI is InChI=1S/C18H20ClN5O2.C13H11ClN4O2S.C13H11ClN4OS/c19-14-3-1-2-4-15(14)24-10-11-9-20-17(22-16(11)23-18(24)26)21-12-5-7-13(25)8-6-12;1-21(20)12-15-6-8-7-18(13(19)17-11(8)16-12)10-5-3-2-4-9(10)14;1-20-12-15-6-8-7-18(13(19)17-11(8)16-12)10-5-3-2-4-9(10)14/h1-4,9,12-13,25H,5-8,10H2,(H2,20,21,22,23,26);2-6H,7H2,1H3,(H,15,16,17,19);2-6H,7H2,1H3,(H,15,16,17,19). The second kappa shape index (κ2) is 21.2. The van der Waals surface area contributed by atoms with E-state index in [1.54, 1.807) is 64.8 Å². The van der Waals surface area contributed by atoms with Gasteiger partial charge in [-0.2, -0.15) is 4.98 Å². The smallest absolute Gasteiger partial charge is 0.327 e. The van der Waals surface area contributed by atoms with Crippen molar-refractivity contribution in [2.24, 2.45) is 0 Å². The largest absolute Gasteiger partial charge is 0.393 e. The third kappa shape index (κ3) is 11.2. The van der Waals surface area contributed by atoms with Crippen molar-refractivity contribution in [3.63, 3.8) is 0 Å². The molecule has 1 aliphatic carbocycles. The third-order valence-corrected chi connectivity index (χ3v) is 13.1. The van der Waals surface area contributed by atoms with Crippen LogP contribution in [0.2, 0.25) is 15.1 Å². The number of carbonyl (C=O) groups is 3. The minimum atomic E-state index is -1.29. The molecule has 6 amide bonds. The molecule has 0 bridgehead atoms. The molecule has 1 atom stereocenters. The summed E-state index contributed by atoms with van der Waals surface area (Å²) < 4.78 is 11.4. The lowest BCUT2D eigenvalue weighted by Gasteiger charge is -2.30. The Labute approximate surface area is 406 Å². The van der Waals surface area contributed by atoms with Crippen LogP contribution in [0, 0.1) is 0 Å². The molecule has 0 saturated heterocycles. The second-order valence-electron chi connectivity index (χ2n) is 15.3. The van der Waals surface area contributed by atoms with Crippen molar-refractivity contribution in [3.05, 3.63) is 123 Å². The summed E-state index contributed by atoms with van der Waals surface area (Å²) in [6.07, 6.45) is 11.5. The summed E-state index contributed by atoms with van der Waals surface area (Å²) in [6, 6.07) is 21.0. The molecule has 3 aliphatic heterocycles. The first-order valence-electron chi connectivity index (χ1n) is 20.7. The lowest BCUT2D eigenvalue weighted by atomic mass is 9.93. The van der Waals surface area contributed by atoms with Gasteiger partial charge in [-0.15, -0.1) is 0 Å². The number of urea groups is 3. The van der Waals surface area contributed by atoms with Gasteiger partial charge in [0.15, 0.2) is 5.16 Å². The molecule has 10 rings (SSSR count). The zero-order valence-corrected chi connectivity index (χ0v) is 39.7. The minimum absolute atomic E-state index is 0.195. The van der Waals surface area contributed by atoms with Gasteiger partial charge in [0.2, 0.25) is 11.1 Å². The van der Waals surface area contributed by atoms with E-state index in [9.17, 15) is 23.7 Å². The number of nitrogens with zero attached hydrogens (tertiary/aromatic N) is 9. The molecule has 3 aromatic carbocycles. The van der Waals surface area contributed by atoms with Gasteiger partial charge in [-0.1, -0.05) is 83.0 Å². The van der Waals surface area contributed by atoms with Gasteiger partial charge < -0.3 is 10.4 Å². The normalized spacial score (nSPS) is 17.7. The fourth-order valence-corrected chi connectivity index (χ4v) is 8.87. The summed E-state index contributed by atoms with van der Waals surface area (Å²) in [4.78, 5) is 67.1. The van der Waals surface area contributed by atoms with Gasteiger partial charge >= 0.3 is 18.1 Å². The number of hydrogen-bond acceptors (Lipinski definition) is 13. The Bertz CT molecular complexity index is 2860. The van der Waals surface area contributed by atoms with Crippen molar-refractivity contribution in [2.75, 3.05) is 48.5 Å². The topological polar surface area (TPSA) is 224 Å². The van der Waals surface area contributed by atoms with E-state index < -0.39 is 10.8 Å². The monoisotopic (exact) mass is 1000 g/mol. The number of carbonyl (C=O) groups excluding carboxylic acids is 3. The van der Waals surface area contributed by atoms with Crippen LogP contribution in [0.1, 0.15) is 42.4 Å². The van der Waals surface area contributed by atoms with Crippen LogP contribution in [0.25, 0.3) is 0 Å². The van der Waals surface area contributed by atoms with E-state index in [1.165, 1.54) is 22.9 Å². The van der Waals surface area contributed by atoms with Crippen molar-refractivity contribution in [2.45, 2.75) is 67.8 Å². The number of aliphatic hydroxyl groups is 1. The van der Waals surface area contributed by atoms with Gasteiger partial charge in [0, 0.05) is 47.6 Å². The van der Waals surface area contributed by atoms with Gasteiger partial charge in [-0.05, 0) is 68.3 Å². The zero-order valence-electron chi connectivity index (χ0n) is 35.8. The van der Waals surface area contributed by atoms with Crippen molar-refractivity contribution in [3.8, 4) is 0 Å². The predicted molar refractivity (Wildman–Crippen MR) is 262 cm³/mol. The number of benzene rings is 3. The van der Waals surface area contributed by atoms with E-state index in [2.05, 4.69) is 51.2 Å². The number of aromatic nitrogens is 6. The van der Waals surface area contributed by atoms with Crippen LogP contribution in [-0.2, 0) is 30.4 Å². The highest BCUT2D eigenvalue weighted by molar-refractivity contribution is 7.98. The average Bonchev–Trinajstić information content (AvgIpc) is 3.32. The van der Waals surface area contributed by atoms with E-state index in [1.807, 2.05) is 42.7 Å². The summed E-state index contributed by atoms with van der Waals surface area (Å²) in [6.45, 7) is 1.07. The second-order valence-corrected chi connectivity index (χ2v) is 18.6. The van der Waals surface area contributed by atoms with E-state index in [0.717, 1.165) is 42.4 Å². The Hall–Kier alpha value is -6.16. The molecule has 1 saturated carbocycles. The molecule has 0 radical (unpaired) electrons. The van der Waals surface area contributed by atoms with E-state index in [0.29, 0.717) is 80.3 Å². The highest BCUT2D eigenvalue weighted by Crippen LogP contribution is 2.34. The maximum Gasteiger partial charge on any atom is 0.327 e. The Kier molecular flexibility index (Phi) is 15.0. The third-order valence-electron chi connectivity index (χ3n) is 10.8. The molecule has 4 aliphatic rings. The van der Waals surface area contributed by atoms with Crippen molar-refractivity contribution in [1.29, 1.82) is 0 Å². The van der Waals surface area contributed by atoms with Crippen molar-refractivity contribution < 1.29 is 23.7 Å². The van der Waals surface area contributed by atoms with Gasteiger partial charge in [-0.25, -0.2) is 39.3 Å². The number of hydrogen-bond donors (Lipinski definition) is 5. The lowest BCUT2D eigenvalue weighted by Crippen LogP contribution is -2.39. The molecule has 3 aromatic heterocycles. The first-order chi connectivity index (χ1) is 32.3. The van der Waals surface area contributed by atoms with Crippen molar-refractivity contribution >= 4 is 116 Å². The molecule has 1 unspecified atom stereocenters. The summed E-state index contributed by atoms with van der Waals surface area (Å²) in [5, 5.41) is 23.5. The Morgan fingerprint density at radius 2 is 1.04 bits per heavy atom. The molecule has 6 aromatic rings. The first-order valence-corrected chi connectivity index (χ1v) is 24.7. The summed E-state index contributed by atoms with van der Waals surface area (Å²) in [5.74, 6) is 1.98. The number of anilines is 7. The molecule has 346 valence electrons. The van der Waals surface area contributed by atoms with Crippen LogP contribution in [0.4, 0.5) is 54.8 Å². The number of fused-ring (bicyclic) bond motifs is 3. The number of halogens is 3. The fourth-order valence-electron chi connectivity index (χ4n) is 7.40. The average molecular weight is 1000 g/mol. The highest BCUT2D eigenvalue weighted by atomic mass is 35.5. The van der Waals surface area contributed by atoms with E-state index in [4.69, 9.17) is 34.8 Å². The Balaban J connectivity index is 0.000000138. The number of thioether (sulfide) groups is 1. The number of rotatable bonds is 7. The molecule has 18 nitrogen and oxygen atoms in total. The van der Waals surface area contributed by atoms with Crippen LogP contribution in [0.5, 0.6) is 0 Å². The first kappa shape index (κ1) is 47.3.